The lowest BCUT2D eigenvalue weighted by molar-refractivity contribution is -0.0288. The molecule has 19 heavy (non-hydrogen) atoms. The van der Waals surface area contributed by atoms with E-state index in [1.165, 1.54) is 12.8 Å². The summed E-state index contributed by atoms with van der Waals surface area (Å²) in [6, 6.07) is 1.66. The Labute approximate surface area is 118 Å². The quantitative estimate of drug-likeness (QED) is 0.695. The van der Waals surface area contributed by atoms with Gasteiger partial charge >= 0.3 is 0 Å². The summed E-state index contributed by atoms with van der Waals surface area (Å²) in [4.78, 5) is 2.61. The third-order valence-electron chi connectivity index (χ3n) is 4.18. The van der Waals surface area contributed by atoms with E-state index in [9.17, 15) is 0 Å². The molecule has 4 heteroatoms. The van der Waals surface area contributed by atoms with Crippen molar-refractivity contribution in [1.29, 1.82) is 0 Å². The second kappa shape index (κ2) is 9.70. The van der Waals surface area contributed by atoms with E-state index in [1.54, 1.807) is 7.11 Å². The van der Waals surface area contributed by atoms with Crippen LogP contribution in [0.15, 0.2) is 0 Å². The first-order chi connectivity index (χ1) is 9.28. The van der Waals surface area contributed by atoms with Crippen LogP contribution in [0, 0.1) is 0 Å². The van der Waals surface area contributed by atoms with E-state index in [4.69, 9.17) is 9.47 Å². The van der Waals surface area contributed by atoms with Gasteiger partial charge in [-0.05, 0) is 25.8 Å². The minimum Gasteiger partial charge on any atom is -0.383 e. The molecule has 1 fully saturated rings. The van der Waals surface area contributed by atoms with Crippen molar-refractivity contribution in [2.24, 2.45) is 0 Å². The highest BCUT2D eigenvalue weighted by molar-refractivity contribution is 4.89. The predicted octanol–water partition coefficient (Wildman–Crippen LogP) is 1.89. The molecule has 0 aromatic heterocycles. The highest BCUT2D eigenvalue weighted by Gasteiger charge is 2.32. The third-order valence-corrected chi connectivity index (χ3v) is 4.18. The van der Waals surface area contributed by atoms with E-state index in [-0.39, 0.29) is 0 Å². The maximum Gasteiger partial charge on any atom is 0.0637 e. The molecule has 0 saturated carbocycles. The van der Waals surface area contributed by atoms with Crippen LogP contribution in [-0.4, -0.2) is 63.0 Å². The zero-order valence-corrected chi connectivity index (χ0v) is 13.2. The first-order valence-corrected chi connectivity index (χ1v) is 7.84. The largest absolute Gasteiger partial charge is 0.383 e. The van der Waals surface area contributed by atoms with Gasteiger partial charge in [-0.25, -0.2) is 0 Å². The summed E-state index contributed by atoms with van der Waals surface area (Å²) >= 11 is 0. The van der Waals surface area contributed by atoms with Crippen LogP contribution in [0.2, 0.25) is 0 Å². The molecule has 0 spiro atoms. The summed E-state index contributed by atoms with van der Waals surface area (Å²) in [6.07, 6.45) is 3.49. The number of hydrogen-bond donors (Lipinski definition) is 1. The van der Waals surface area contributed by atoms with E-state index in [1.807, 2.05) is 0 Å². The van der Waals surface area contributed by atoms with Crippen molar-refractivity contribution in [2.75, 3.05) is 40.0 Å². The van der Waals surface area contributed by atoms with Gasteiger partial charge in [0.1, 0.15) is 0 Å². The molecule has 1 aliphatic heterocycles. The maximum absolute atomic E-state index is 5.74. The Morgan fingerprint density at radius 3 is 2.63 bits per heavy atom. The van der Waals surface area contributed by atoms with Gasteiger partial charge in [0.25, 0.3) is 0 Å². The third kappa shape index (κ3) is 5.03. The fourth-order valence-corrected chi connectivity index (χ4v) is 3.12. The Balaban J connectivity index is 2.73. The van der Waals surface area contributed by atoms with Crippen LogP contribution in [-0.2, 0) is 9.47 Å². The number of methoxy groups -OCH3 is 1. The first-order valence-electron chi connectivity index (χ1n) is 7.84. The van der Waals surface area contributed by atoms with E-state index in [0.717, 1.165) is 39.3 Å². The van der Waals surface area contributed by atoms with Gasteiger partial charge in [-0.15, -0.1) is 0 Å². The van der Waals surface area contributed by atoms with E-state index >= 15 is 0 Å². The molecule has 1 heterocycles. The second-order valence-electron chi connectivity index (χ2n) is 5.30. The lowest BCUT2D eigenvalue weighted by Crippen LogP contribution is -2.58. The molecule has 0 bridgehead atoms. The highest BCUT2D eigenvalue weighted by atomic mass is 16.5. The molecule has 0 amide bonds. The van der Waals surface area contributed by atoms with Gasteiger partial charge < -0.3 is 14.8 Å². The fraction of sp³-hybridized carbons (Fsp3) is 1.00. The summed E-state index contributed by atoms with van der Waals surface area (Å²) in [5, 5.41) is 3.63. The summed E-state index contributed by atoms with van der Waals surface area (Å²) < 4.78 is 11.0. The molecule has 0 aliphatic carbocycles. The zero-order valence-electron chi connectivity index (χ0n) is 13.2. The van der Waals surface area contributed by atoms with Crippen LogP contribution in [0.5, 0.6) is 0 Å². The van der Waals surface area contributed by atoms with Crippen LogP contribution in [0.25, 0.3) is 0 Å². The topological polar surface area (TPSA) is 33.7 Å². The molecule has 0 aromatic rings. The van der Waals surface area contributed by atoms with Crippen LogP contribution < -0.4 is 5.32 Å². The van der Waals surface area contributed by atoms with Gasteiger partial charge in [0.05, 0.1) is 13.2 Å². The normalized spacial score (nSPS) is 24.3. The van der Waals surface area contributed by atoms with Gasteiger partial charge in [0.15, 0.2) is 0 Å². The number of hydrogen-bond acceptors (Lipinski definition) is 4. The Hall–Kier alpha value is -0.160. The zero-order chi connectivity index (χ0) is 14.1. The number of likely N-dealkylation sites (N-methyl/N-ethyl adjacent to an activating group) is 1. The second-order valence-corrected chi connectivity index (χ2v) is 5.30. The molecule has 1 rings (SSSR count). The monoisotopic (exact) mass is 272 g/mol. The van der Waals surface area contributed by atoms with Crippen molar-refractivity contribution >= 4 is 0 Å². The molecule has 2 atom stereocenters. The average Bonchev–Trinajstić information content (AvgIpc) is 2.45. The molecule has 0 aromatic carbocycles. The highest BCUT2D eigenvalue weighted by Crippen LogP contribution is 2.20. The van der Waals surface area contributed by atoms with E-state index < -0.39 is 0 Å². The van der Waals surface area contributed by atoms with Crippen LogP contribution in [0.3, 0.4) is 0 Å². The average molecular weight is 272 g/mol. The van der Waals surface area contributed by atoms with Crippen LogP contribution >= 0.6 is 0 Å². The Morgan fingerprint density at radius 1 is 1.32 bits per heavy atom. The molecule has 1 saturated heterocycles. The van der Waals surface area contributed by atoms with Crippen molar-refractivity contribution in [3.05, 3.63) is 0 Å². The van der Waals surface area contributed by atoms with Gasteiger partial charge in [0, 0.05) is 38.4 Å². The SMILES string of the molecule is CCNC1CCOCC1N(CCOC)C(CC)CC. The summed E-state index contributed by atoms with van der Waals surface area (Å²) in [6.45, 7) is 11.3. The van der Waals surface area contributed by atoms with Crippen molar-refractivity contribution in [2.45, 2.75) is 58.2 Å². The summed E-state index contributed by atoms with van der Waals surface area (Å²) in [5.41, 5.74) is 0. The van der Waals surface area contributed by atoms with Crippen molar-refractivity contribution in [3.63, 3.8) is 0 Å². The Bertz CT molecular complexity index is 220. The number of rotatable bonds is 9. The summed E-state index contributed by atoms with van der Waals surface area (Å²) in [7, 11) is 1.78. The standard InChI is InChI=1S/C15H32N2O2/c1-5-13(6-2)17(9-11-18-4)15-12-19-10-8-14(15)16-7-3/h13-16H,5-12H2,1-4H3. The number of nitrogens with zero attached hydrogens (tertiary/aromatic N) is 1. The molecule has 2 unspecified atom stereocenters. The Morgan fingerprint density at radius 2 is 2.05 bits per heavy atom. The van der Waals surface area contributed by atoms with Crippen molar-refractivity contribution in [1.82, 2.24) is 10.2 Å². The van der Waals surface area contributed by atoms with Gasteiger partial charge in [-0.2, -0.15) is 0 Å². The molecule has 0 radical (unpaired) electrons. The minimum absolute atomic E-state index is 0.480. The predicted molar refractivity (Wildman–Crippen MR) is 79.6 cm³/mol. The molecule has 114 valence electrons. The first kappa shape index (κ1) is 16.9. The Kier molecular flexibility index (Phi) is 8.62. The number of ether oxygens (including phenoxy) is 2. The van der Waals surface area contributed by atoms with E-state index in [0.29, 0.717) is 18.1 Å². The van der Waals surface area contributed by atoms with Crippen LogP contribution in [0.1, 0.15) is 40.0 Å². The van der Waals surface area contributed by atoms with Crippen LogP contribution in [0.4, 0.5) is 0 Å². The molecule has 1 aliphatic rings. The van der Waals surface area contributed by atoms with Crippen molar-refractivity contribution in [3.8, 4) is 0 Å². The smallest absolute Gasteiger partial charge is 0.0637 e. The van der Waals surface area contributed by atoms with Crippen molar-refractivity contribution < 1.29 is 9.47 Å². The van der Waals surface area contributed by atoms with E-state index in [2.05, 4.69) is 31.0 Å². The molecule has 4 nitrogen and oxygen atoms in total. The fourth-order valence-electron chi connectivity index (χ4n) is 3.12. The maximum atomic E-state index is 5.74. The number of nitrogens with one attached hydrogen (secondary N) is 1. The molecular weight excluding hydrogens is 240 g/mol. The lowest BCUT2D eigenvalue weighted by atomic mass is 9.98. The molecular formula is C15H32N2O2. The van der Waals surface area contributed by atoms with Gasteiger partial charge in [0.2, 0.25) is 0 Å². The summed E-state index contributed by atoms with van der Waals surface area (Å²) in [5.74, 6) is 0. The van der Waals surface area contributed by atoms with Gasteiger partial charge in [-0.1, -0.05) is 20.8 Å². The molecule has 1 N–H and O–H groups in total. The van der Waals surface area contributed by atoms with Gasteiger partial charge in [-0.3, -0.25) is 4.90 Å². The lowest BCUT2D eigenvalue weighted by Gasteiger charge is -2.43. The minimum atomic E-state index is 0.480.